The van der Waals surface area contributed by atoms with Gasteiger partial charge in [-0.25, -0.2) is 4.79 Å². The van der Waals surface area contributed by atoms with Crippen LogP contribution in [-0.4, -0.2) is 12.1 Å². The Morgan fingerprint density at radius 2 is 1.50 bits per heavy atom. The monoisotopic (exact) mass is 384 g/mol. The van der Waals surface area contributed by atoms with Crippen molar-refractivity contribution >= 4 is 5.97 Å². The summed E-state index contributed by atoms with van der Waals surface area (Å²) in [4.78, 5) is 12.6. The predicted octanol–water partition coefficient (Wildman–Crippen LogP) is 7.52. The van der Waals surface area contributed by atoms with Crippen molar-refractivity contribution in [1.29, 1.82) is 0 Å². The van der Waals surface area contributed by atoms with Crippen molar-refractivity contribution < 1.29 is 9.53 Å². The van der Waals surface area contributed by atoms with Crippen LogP contribution < -0.4 is 0 Å². The topological polar surface area (TPSA) is 26.3 Å². The Morgan fingerprint density at radius 1 is 0.893 bits per heavy atom. The van der Waals surface area contributed by atoms with Gasteiger partial charge in [-0.15, -0.1) is 0 Å². The highest BCUT2D eigenvalue weighted by Gasteiger charge is 2.28. The molecule has 3 atom stereocenters. The van der Waals surface area contributed by atoms with Crippen LogP contribution in [0.2, 0.25) is 0 Å². The van der Waals surface area contributed by atoms with Gasteiger partial charge in [0.25, 0.3) is 0 Å². The number of carbonyl (C=O) groups is 1. The minimum Gasteiger partial charge on any atom is -0.459 e. The third kappa shape index (κ3) is 5.61. The molecule has 1 aromatic carbocycles. The molecule has 2 nitrogen and oxygen atoms in total. The molecule has 3 rings (SSSR count). The standard InChI is InChI=1S/C26H40O2/c1-4-6-20-8-15-24(16-9-20)28-26(27)23-13-11-22(12-14-23)25-17-10-21(7-5-2)18-19(25)3/h11-14,19-21,24-25H,4-10,15-18H2,1-3H3/t19-,20?,21?,24?,25-/m1/s1. The molecule has 0 spiro atoms. The number of hydrogen-bond acceptors (Lipinski definition) is 2. The van der Waals surface area contributed by atoms with E-state index in [1.54, 1.807) is 0 Å². The van der Waals surface area contributed by atoms with Gasteiger partial charge in [-0.3, -0.25) is 0 Å². The molecule has 0 N–H and O–H groups in total. The molecule has 1 unspecified atom stereocenters. The average Bonchev–Trinajstić information content (AvgIpc) is 2.70. The van der Waals surface area contributed by atoms with Crippen LogP contribution in [0, 0.1) is 17.8 Å². The predicted molar refractivity (Wildman–Crippen MR) is 117 cm³/mol. The minimum atomic E-state index is -0.134. The first kappa shape index (κ1) is 21.4. The Hall–Kier alpha value is -1.31. The lowest BCUT2D eigenvalue weighted by Crippen LogP contribution is -2.24. The highest BCUT2D eigenvalue weighted by molar-refractivity contribution is 5.89. The fourth-order valence-corrected chi connectivity index (χ4v) is 5.71. The molecule has 0 bridgehead atoms. The molecule has 0 saturated heterocycles. The van der Waals surface area contributed by atoms with Crippen LogP contribution in [0.4, 0.5) is 0 Å². The number of benzene rings is 1. The third-order valence-electron chi connectivity index (χ3n) is 7.31. The van der Waals surface area contributed by atoms with Crippen molar-refractivity contribution in [2.45, 2.75) is 103 Å². The SMILES string of the molecule is CCCC1CCC(OC(=O)c2ccc([C@@H]3CCC(CCC)C[C@H]3C)cc2)CC1. The Bertz CT molecular complexity index is 597. The molecule has 0 amide bonds. The Kier molecular flexibility index (Phi) is 8.00. The molecule has 156 valence electrons. The first-order valence-corrected chi connectivity index (χ1v) is 11.9. The highest BCUT2D eigenvalue weighted by Crippen LogP contribution is 2.41. The number of carbonyl (C=O) groups excluding carboxylic acids is 1. The van der Waals surface area contributed by atoms with E-state index in [9.17, 15) is 4.79 Å². The van der Waals surface area contributed by atoms with Gasteiger partial charge >= 0.3 is 5.97 Å². The second kappa shape index (κ2) is 10.5. The number of rotatable bonds is 7. The van der Waals surface area contributed by atoms with Gasteiger partial charge in [0.05, 0.1) is 5.56 Å². The fraction of sp³-hybridized carbons (Fsp3) is 0.731. The normalized spacial score (nSPS) is 30.8. The molecule has 2 aliphatic rings. The molecule has 2 fully saturated rings. The van der Waals surface area contributed by atoms with Crippen LogP contribution >= 0.6 is 0 Å². The summed E-state index contributed by atoms with van der Waals surface area (Å²) in [5, 5.41) is 0. The molecule has 0 heterocycles. The van der Waals surface area contributed by atoms with E-state index in [2.05, 4.69) is 32.9 Å². The summed E-state index contributed by atoms with van der Waals surface area (Å²) in [6.45, 7) is 6.96. The smallest absolute Gasteiger partial charge is 0.338 e. The Balaban J connectivity index is 1.51. The lowest BCUT2D eigenvalue weighted by molar-refractivity contribution is 0.0161. The summed E-state index contributed by atoms with van der Waals surface area (Å²) in [6, 6.07) is 8.34. The van der Waals surface area contributed by atoms with Crippen molar-refractivity contribution in [3.8, 4) is 0 Å². The second-order valence-electron chi connectivity index (χ2n) is 9.51. The van der Waals surface area contributed by atoms with Crippen molar-refractivity contribution in [3.63, 3.8) is 0 Å². The largest absolute Gasteiger partial charge is 0.459 e. The van der Waals surface area contributed by atoms with Crippen LogP contribution in [0.5, 0.6) is 0 Å². The van der Waals surface area contributed by atoms with Gasteiger partial charge in [-0.2, -0.15) is 0 Å². The fourth-order valence-electron chi connectivity index (χ4n) is 5.71. The summed E-state index contributed by atoms with van der Waals surface area (Å²) in [7, 11) is 0. The zero-order chi connectivity index (χ0) is 19.9. The molecule has 1 aromatic rings. The van der Waals surface area contributed by atoms with Crippen molar-refractivity contribution in [1.82, 2.24) is 0 Å². The minimum absolute atomic E-state index is 0.120. The maximum absolute atomic E-state index is 12.6. The molecule has 0 aromatic heterocycles. The van der Waals surface area contributed by atoms with E-state index in [1.165, 1.54) is 63.4 Å². The first-order valence-electron chi connectivity index (χ1n) is 11.9. The quantitative estimate of drug-likeness (QED) is 0.454. The van der Waals surface area contributed by atoms with Gasteiger partial charge in [0, 0.05) is 0 Å². The van der Waals surface area contributed by atoms with Gasteiger partial charge in [0.1, 0.15) is 6.10 Å². The van der Waals surface area contributed by atoms with Crippen molar-refractivity contribution in [3.05, 3.63) is 35.4 Å². The van der Waals surface area contributed by atoms with Crippen LogP contribution in [0.1, 0.15) is 113 Å². The van der Waals surface area contributed by atoms with Gasteiger partial charge in [-0.05, 0) is 86.3 Å². The third-order valence-corrected chi connectivity index (χ3v) is 7.31. The van der Waals surface area contributed by atoms with E-state index in [4.69, 9.17) is 4.74 Å². The summed E-state index contributed by atoms with van der Waals surface area (Å²) in [5.41, 5.74) is 2.12. The van der Waals surface area contributed by atoms with Gasteiger partial charge in [0.2, 0.25) is 0 Å². The van der Waals surface area contributed by atoms with Crippen LogP contribution in [0.3, 0.4) is 0 Å². The number of ether oxygens (including phenoxy) is 1. The van der Waals surface area contributed by atoms with Crippen LogP contribution in [0.15, 0.2) is 24.3 Å². The zero-order valence-electron chi connectivity index (χ0n) is 18.3. The van der Waals surface area contributed by atoms with E-state index in [0.717, 1.165) is 30.6 Å². The number of esters is 1. The molecule has 0 radical (unpaired) electrons. The number of hydrogen-bond donors (Lipinski definition) is 0. The van der Waals surface area contributed by atoms with E-state index >= 15 is 0 Å². The average molecular weight is 385 g/mol. The summed E-state index contributed by atoms with van der Waals surface area (Å²) >= 11 is 0. The van der Waals surface area contributed by atoms with E-state index < -0.39 is 0 Å². The molecule has 28 heavy (non-hydrogen) atoms. The molecule has 2 heteroatoms. The van der Waals surface area contributed by atoms with Gasteiger partial charge in [-0.1, -0.05) is 58.6 Å². The van der Waals surface area contributed by atoms with E-state index in [-0.39, 0.29) is 12.1 Å². The summed E-state index contributed by atoms with van der Waals surface area (Å²) in [6.07, 6.45) is 13.9. The highest BCUT2D eigenvalue weighted by atomic mass is 16.5. The van der Waals surface area contributed by atoms with Gasteiger partial charge in [0.15, 0.2) is 0 Å². The molecular weight excluding hydrogens is 344 g/mol. The lowest BCUT2D eigenvalue weighted by atomic mass is 9.71. The van der Waals surface area contributed by atoms with Gasteiger partial charge < -0.3 is 4.74 Å². The zero-order valence-corrected chi connectivity index (χ0v) is 18.3. The maximum atomic E-state index is 12.6. The van der Waals surface area contributed by atoms with E-state index in [1.807, 2.05) is 12.1 Å². The lowest BCUT2D eigenvalue weighted by Gasteiger charge is -2.34. The second-order valence-corrected chi connectivity index (χ2v) is 9.51. The molecule has 2 aliphatic carbocycles. The summed E-state index contributed by atoms with van der Waals surface area (Å²) in [5.74, 6) is 3.00. The van der Waals surface area contributed by atoms with Crippen molar-refractivity contribution in [2.75, 3.05) is 0 Å². The molecular formula is C26H40O2. The van der Waals surface area contributed by atoms with Crippen molar-refractivity contribution in [2.24, 2.45) is 17.8 Å². The Morgan fingerprint density at radius 3 is 2.11 bits per heavy atom. The molecule has 0 aliphatic heterocycles. The molecule has 2 saturated carbocycles. The first-order chi connectivity index (χ1) is 13.6. The van der Waals surface area contributed by atoms with E-state index in [0.29, 0.717) is 11.5 Å². The summed E-state index contributed by atoms with van der Waals surface area (Å²) < 4.78 is 5.81. The maximum Gasteiger partial charge on any atom is 0.338 e. The van der Waals surface area contributed by atoms with Crippen LogP contribution in [0.25, 0.3) is 0 Å². The van der Waals surface area contributed by atoms with Crippen LogP contribution in [-0.2, 0) is 4.74 Å². The Labute approximate surface area is 172 Å².